The Balaban J connectivity index is 3.19. The summed E-state index contributed by atoms with van der Waals surface area (Å²) in [5, 5.41) is 9.79. The fourth-order valence-electron chi connectivity index (χ4n) is 2.52. The highest BCUT2D eigenvalue weighted by molar-refractivity contribution is 4.82. The average Bonchev–Trinajstić information content (AvgIpc) is 2.45. The van der Waals surface area contributed by atoms with E-state index >= 15 is 0 Å². The maximum absolute atomic E-state index is 9.79. The molecule has 0 heterocycles. The molecule has 120 valence electrons. The van der Waals surface area contributed by atoms with E-state index in [0.29, 0.717) is 0 Å². The fraction of sp³-hybridized carbons (Fsp3) is 0.895. The van der Waals surface area contributed by atoms with Crippen LogP contribution >= 0.6 is 0 Å². The third-order valence-corrected chi connectivity index (χ3v) is 3.95. The Labute approximate surface area is 127 Å². The van der Waals surface area contributed by atoms with E-state index < -0.39 is 0 Å². The van der Waals surface area contributed by atoms with Gasteiger partial charge in [0.15, 0.2) is 0 Å². The van der Waals surface area contributed by atoms with E-state index in [1.165, 1.54) is 70.6 Å². The van der Waals surface area contributed by atoms with Crippen molar-refractivity contribution in [2.45, 2.75) is 110 Å². The largest absolute Gasteiger partial charge is 0.393 e. The lowest BCUT2D eigenvalue weighted by Gasteiger charge is -2.07. The Kier molecular flexibility index (Phi) is 16.5. The molecule has 0 rings (SSSR count). The molecule has 0 bridgehead atoms. The number of unbranched alkanes of at least 4 members (excludes halogenated alkanes) is 9. The number of hydrogen-bond acceptors (Lipinski definition) is 1. The van der Waals surface area contributed by atoms with Crippen molar-refractivity contribution < 1.29 is 5.11 Å². The molecule has 0 radical (unpaired) electrons. The average molecular weight is 283 g/mol. The van der Waals surface area contributed by atoms with Gasteiger partial charge in [-0.3, -0.25) is 0 Å². The first-order chi connectivity index (χ1) is 9.81. The lowest BCUT2D eigenvalue weighted by molar-refractivity contribution is 0.152. The Morgan fingerprint density at radius 1 is 0.650 bits per heavy atom. The van der Waals surface area contributed by atoms with Gasteiger partial charge in [0, 0.05) is 0 Å². The Bertz CT molecular complexity index is 198. The monoisotopic (exact) mass is 282 g/mol. The van der Waals surface area contributed by atoms with Crippen LogP contribution in [0.1, 0.15) is 104 Å². The third kappa shape index (κ3) is 15.8. The molecule has 0 aromatic carbocycles. The van der Waals surface area contributed by atoms with E-state index in [-0.39, 0.29) is 6.10 Å². The Morgan fingerprint density at radius 3 is 1.90 bits per heavy atom. The topological polar surface area (TPSA) is 20.2 Å². The summed E-state index contributed by atoms with van der Waals surface area (Å²) >= 11 is 0. The number of aliphatic hydroxyl groups excluding tert-OH is 1. The highest BCUT2D eigenvalue weighted by Gasteiger charge is 2.01. The summed E-state index contributed by atoms with van der Waals surface area (Å²) in [5.41, 5.74) is 0. The van der Waals surface area contributed by atoms with Gasteiger partial charge in [-0.15, -0.1) is 0 Å². The molecular formula is C19H38O. The minimum atomic E-state index is -0.0789. The van der Waals surface area contributed by atoms with Crippen LogP contribution in [0.2, 0.25) is 0 Å². The maximum Gasteiger partial charge on any atom is 0.0543 e. The quantitative estimate of drug-likeness (QED) is 0.272. The molecule has 0 amide bonds. The minimum Gasteiger partial charge on any atom is -0.393 e. The SMILES string of the molecule is CCCCCCCCCC=CCCC(O)CCCCC. The molecule has 0 saturated heterocycles. The van der Waals surface area contributed by atoms with Crippen molar-refractivity contribution in [2.24, 2.45) is 0 Å². The van der Waals surface area contributed by atoms with Crippen molar-refractivity contribution in [1.82, 2.24) is 0 Å². The summed E-state index contributed by atoms with van der Waals surface area (Å²) in [6.45, 7) is 4.48. The van der Waals surface area contributed by atoms with Crippen molar-refractivity contribution in [3.05, 3.63) is 12.2 Å². The van der Waals surface area contributed by atoms with Gasteiger partial charge in [-0.2, -0.15) is 0 Å². The van der Waals surface area contributed by atoms with Crippen LogP contribution in [0.25, 0.3) is 0 Å². The van der Waals surface area contributed by atoms with E-state index in [0.717, 1.165) is 19.3 Å². The summed E-state index contributed by atoms with van der Waals surface area (Å²) < 4.78 is 0. The van der Waals surface area contributed by atoms with Crippen molar-refractivity contribution in [3.63, 3.8) is 0 Å². The summed E-state index contributed by atoms with van der Waals surface area (Å²) in [6.07, 6.45) is 22.1. The molecule has 0 aliphatic heterocycles. The number of hydrogen-bond donors (Lipinski definition) is 1. The smallest absolute Gasteiger partial charge is 0.0543 e. The van der Waals surface area contributed by atoms with E-state index in [1.807, 2.05) is 0 Å². The molecule has 1 atom stereocenters. The van der Waals surface area contributed by atoms with Crippen LogP contribution in [-0.2, 0) is 0 Å². The van der Waals surface area contributed by atoms with E-state index in [4.69, 9.17) is 0 Å². The molecule has 1 N–H and O–H groups in total. The van der Waals surface area contributed by atoms with Crippen LogP contribution in [-0.4, -0.2) is 11.2 Å². The normalized spacial score (nSPS) is 13.2. The number of allylic oxidation sites excluding steroid dienone is 2. The second-order valence-corrected chi connectivity index (χ2v) is 6.11. The predicted octanol–water partition coefficient (Wildman–Crippen LogP) is 6.40. The van der Waals surface area contributed by atoms with Crippen LogP contribution in [0.15, 0.2) is 12.2 Å². The molecule has 0 saturated carbocycles. The number of rotatable bonds is 15. The zero-order valence-corrected chi connectivity index (χ0v) is 14.1. The minimum absolute atomic E-state index is 0.0789. The summed E-state index contributed by atoms with van der Waals surface area (Å²) in [5.74, 6) is 0. The van der Waals surface area contributed by atoms with Crippen LogP contribution in [0.5, 0.6) is 0 Å². The second-order valence-electron chi connectivity index (χ2n) is 6.11. The predicted molar refractivity (Wildman–Crippen MR) is 91.1 cm³/mol. The number of aliphatic hydroxyl groups is 1. The lowest BCUT2D eigenvalue weighted by Crippen LogP contribution is -2.05. The van der Waals surface area contributed by atoms with Gasteiger partial charge < -0.3 is 5.11 Å². The molecule has 1 nitrogen and oxygen atoms in total. The van der Waals surface area contributed by atoms with E-state index in [2.05, 4.69) is 26.0 Å². The highest BCUT2D eigenvalue weighted by atomic mass is 16.3. The molecule has 0 aromatic heterocycles. The van der Waals surface area contributed by atoms with E-state index in [1.54, 1.807) is 0 Å². The fourth-order valence-corrected chi connectivity index (χ4v) is 2.52. The lowest BCUT2D eigenvalue weighted by atomic mass is 10.1. The molecule has 0 aromatic rings. The van der Waals surface area contributed by atoms with Gasteiger partial charge in [-0.05, 0) is 32.1 Å². The van der Waals surface area contributed by atoms with Gasteiger partial charge in [-0.25, -0.2) is 0 Å². The second kappa shape index (κ2) is 16.8. The summed E-state index contributed by atoms with van der Waals surface area (Å²) in [7, 11) is 0. The van der Waals surface area contributed by atoms with Gasteiger partial charge >= 0.3 is 0 Å². The van der Waals surface area contributed by atoms with Crippen LogP contribution in [0, 0.1) is 0 Å². The molecule has 20 heavy (non-hydrogen) atoms. The van der Waals surface area contributed by atoms with Crippen molar-refractivity contribution >= 4 is 0 Å². The van der Waals surface area contributed by atoms with Crippen molar-refractivity contribution in [2.75, 3.05) is 0 Å². The van der Waals surface area contributed by atoms with Gasteiger partial charge in [-0.1, -0.05) is 83.8 Å². The Hall–Kier alpha value is -0.300. The molecule has 0 aliphatic rings. The molecule has 0 spiro atoms. The van der Waals surface area contributed by atoms with E-state index in [9.17, 15) is 5.11 Å². The van der Waals surface area contributed by atoms with Crippen molar-refractivity contribution in [3.8, 4) is 0 Å². The highest BCUT2D eigenvalue weighted by Crippen LogP contribution is 2.10. The molecular weight excluding hydrogens is 244 g/mol. The van der Waals surface area contributed by atoms with Crippen LogP contribution in [0.3, 0.4) is 0 Å². The Morgan fingerprint density at radius 2 is 1.20 bits per heavy atom. The zero-order chi connectivity index (χ0) is 14.9. The van der Waals surface area contributed by atoms with Crippen LogP contribution < -0.4 is 0 Å². The molecule has 1 heteroatoms. The molecule has 0 aliphatic carbocycles. The molecule has 1 unspecified atom stereocenters. The third-order valence-electron chi connectivity index (χ3n) is 3.95. The van der Waals surface area contributed by atoms with Gasteiger partial charge in [0.2, 0.25) is 0 Å². The zero-order valence-electron chi connectivity index (χ0n) is 14.1. The standard InChI is InChI=1S/C19H38O/c1-3-5-7-8-9-10-11-12-13-14-16-18-19(20)17-15-6-4-2/h13-14,19-20H,3-12,15-18H2,1-2H3. The maximum atomic E-state index is 9.79. The first kappa shape index (κ1) is 19.7. The van der Waals surface area contributed by atoms with Gasteiger partial charge in [0.05, 0.1) is 6.10 Å². The van der Waals surface area contributed by atoms with Gasteiger partial charge in [0.1, 0.15) is 0 Å². The molecule has 0 fully saturated rings. The van der Waals surface area contributed by atoms with Gasteiger partial charge in [0.25, 0.3) is 0 Å². The summed E-state index contributed by atoms with van der Waals surface area (Å²) in [6, 6.07) is 0. The van der Waals surface area contributed by atoms with Crippen molar-refractivity contribution in [1.29, 1.82) is 0 Å². The first-order valence-electron chi connectivity index (χ1n) is 9.14. The van der Waals surface area contributed by atoms with Crippen LogP contribution in [0.4, 0.5) is 0 Å². The first-order valence-corrected chi connectivity index (χ1v) is 9.14. The summed E-state index contributed by atoms with van der Waals surface area (Å²) in [4.78, 5) is 0.